The molecule has 0 saturated heterocycles. The maximum Gasteiger partial charge on any atom is 0.262 e. The summed E-state index contributed by atoms with van der Waals surface area (Å²) in [6.45, 7) is 3.43. The van der Waals surface area contributed by atoms with E-state index >= 15 is 0 Å². The molecule has 5 nitrogen and oxygen atoms in total. The molecule has 0 radical (unpaired) electrons. The molecule has 2 aromatic rings. The second-order valence-electron chi connectivity index (χ2n) is 5.84. The minimum absolute atomic E-state index is 0.212. The molecule has 0 spiro atoms. The van der Waals surface area contributed by atoms with Gasteiger partial charge in [-0.1, -0.05) is 42.5 Å². The molecule has 0 aliphatic carbocycles. The molecule has 3 amide bonds. The molecular weight excluding hydrogens is 304 g/mol. The zero-order chi connectivity index (χ0) is 17.3. The van der Waals surface area contributed by atoms with E-state index in [1.165, 1.54) is 0 Å². The van der Waals surface area contributed by atoms with E-state index in [0.717, 1.165) is 10.5 Å². The third-order valence-electron chi connectivity index (χ3n) is 4.25. The first kappa shape index (κ1) is 15.9. The van der Waals surface area contributed by atoms with E-state index in [0.29, 0.717) is 11.1 Å². The van der Waals surface area contributed by atoms with Gasteiger partial charge < -0.3 is 5.32 Å². The molecular formula is C19H18N2O3. The smallest absolute Gasteiger partial charge is 0.262 e. The molecule has 2 atom stereocenters. The van der Waals surface area contributed by atoms with Crippen molar-refractivity contribution in [2.45, 2.75) is 25.9 Å². The summed E-state index contributed by atoms with van der Waals surface area (Å²) in [6.07, 6.45) is 0. The molecule has 0 bridgehead atoms. The maximum atomic E-state index is 12.5. The second kappa shape index (κ2) is 6.28. The van der Waals surface area contributed by atoms with Crippen LogP contribution in [0.1, 0.15) is 46.2 Å². The zero-order valence-electron chi connectivity index (χ0n) is 13.5. The number of carbonyl (C=O) groups excluding carboxylic acids is 3. The largest absolute Gasteiger partial charge is 0.348 e. The van der Waals surface area contributed by atoms with Gasteiger partial charge in [-0.3, -0.25) is 19.3 Å². The van der Waals surface area contributed by atoms with Gasteiger partial charge in [0.1, 0.15) is 6.04 Å². The SMILES string of the molecule is C[C@H](C(=O)N[C@H](C)c1ccccc1)N1C(=O)c2ccccc2C1=O. The summed E-state index contributed by atoms with van der Waals surface area (Å²) in [5.41, 5.74) is 1.65. The van der Waals surface area contributed by atoms with E-state index in [1.54, 1.807) is 31.2 Å². The lowest BCUT2D eigenvalue weighted by Crippen LogP contribution is -2.48. The predicted octanol–water partition coefficient (Wildman–Crippen LogP) is 2.55. The van der Waals surface area contributed by atoms with Gasteiger partial charge in [-0.2, -0.15) is 0 Å². The number of hydrogen-bond acceptors (Lipinski definition) is 3. The van der Waals surface area contributed by atoms with Crippen LogP contribution >= 0.6 is 0 Å². The first-order valence-electron chi connectivity index (χ1n) is 7.83. The van der Waals surface area contributed by atoms with Gasteiger partial charge in [-0.05, 0) is 31.5 Å². The first-order chi connectivity index (χ1) is 11.5. The Bertz CT molecular complexity index is 766. The third kappa shape index (κ3) is 2.69. The third-order valence-corrected chi connectivity index (χ3v) is 4.25. The van der Waals surface area contributed by atoms with Crippen molar-refractivity contribution >= 4 is 17.7 Å². The second-order valence-corrected chi connectivity index (χ2v) is 5.84. The highest BCUT2D eigenvalue weighted by Crippen LogP contribution is 2.24. The molecule has 0 unspecified atom stereocenters. The number of hydrogen-bond donors (Lipinski definition) is 1. The Morgan fingerprint density at radius 2 is 1.38 bits per heavy atom. The number of nitrogens with zero attached hydrogens (tertiary/aromatic N) is 1. The summed E-state index contributed by atoms with van der Waals surface area (Å²) in [7, 11) is 0. The van der Waals surface area contributed by atoms with Crippen LogP contribution in [0.3, 0.4) is 0 Å². The molecule has 122 valence electrons. The topological polar surface area (TPSA) is 66.5 Å². The molecule has 1 aliphatic heterocycles. The molecule has 5 heteroatoms. The fourth-order valence-electron chi connectivity index (χ4n) is 2.84. The summed E-state index contributed by atoms with van der Waals surface area (Å²) in [4.78, 5) is 38.4. The van der Waals surface area contributed by atoms with Crippen molar-refractivity contribution in [2.75, 3.05) is 0 Å². The lowest BCUT2D eigenvalue weighted by Gasteiger charge is -2.24. The van der Waals surface area contributed by atoms with Gasteiger partial charge in [0.25, 0.3) is 11.8 Å². The van der Waals surface area contributed by atoms with E-state index in [4.69, 9.17) is 0 Å². The minimum Gasteiger partial charge on any atom is -0.348 e. The minimum atomic E-state index is -0.872. The van der Waals surface area contributed by atoms with Gasteiger partial charge in [0.05, 0.1) is 17.2 Å². The number of carbonyl (C=O) groups is 3. The fraction of sp³-hybridized carbons (Fsp3) is 0.211. The van der Waals surface area contributed by atoms with Crippen LogP contribution in [0.4, 0.5) is 0 Å². The Morgan fingerprint density at radius 1 is 0.875 bits per heavy atom. The van der Waals surface area contributed by atoms with E-state index in [1.807, 2.05) is 37.3 Å². The van der Waals surface area contributed by atoms with E-state index in [9.17, 15) is 14.4 Å². The van der Waals surface area contributed by atoms with Gasteiger partial charge in [-0.15, -0.1) is 0 Å². The number of nitrogens with one attached hydrogen (secondary N) is 1. The van der Waals surface area contributed by atoms with E-state index in [-0.39, 0.29) is 11.9 Å². The van der Waals surface area contributed by atoms with Gasteiger partial charge in [0, 0.05) is 0 Å². The van der Waals surface area contributed by atoms with Crippen LogP contribution in [-0.4, -0.2) is 28.7 Å². The molecule has 0 saturated carbocycles. The van der Waals surface area contributed by atoms with Crippen LogP contribution in [0.5, 0.6) is 0 Å². The average Bonchev–Trinajstić information content (AvgIpc) is 2.86. The monoisotopic (exact) mass is 322 g/mol. The number of imide groups is 1. The summed E-state index contributed by atoms with van der Waals surface area (Å²) in [6, 6.07) is 15.1. The Balaban J connectivity index is 1.75. The normalized spacial score (nSPS) is 15.8. The number of amides is 3. The molecule has 3 rings (SSSR count). The molecule has 1 heterocycles. The predicted molar refractivity (Wildman–Crippen MR) is 89.4 cm³/mol. The van der Waals surface area contributed by atoms with E-state index in [2.05, 4.69) is 5.32 Å². The molecule has 0 fully saturated rings. The number of rotatable bonds is 4. The molecule has 1 aliphatic rings. The summed E-state index contributed by atoms with van der Waals surface area (Å²) < 4.78 is 0. The van der Waals surface area contributed by atoms with Gasteiger partial charge in [0.15, 0.2) is 0 Å². The van der Waals surface area contributed by atoms with Crippen LogP contribution in [0.25, 0.3) is 0 Å². The molecule has 1 N–H and O–H groups in total. The van der Waals surface area contributed by atoms with Crippen LogP contribution in [0.15, 0.2) is 54.6 Å². The average molecular weight is 322 g/mol. The van der Waals surface area contributed by atoms with Crippen molar-refractivity contribution in [1.29, 1.82) is 0 Å². The van der Waals surface area contributed by atoms with Gasteiger partial charge in [-0.25, -0.2) is 0 Å². The molecule has 0 aromatic heterocycles. The molecule has 24 heavy (non-hydrogen) atoms. The van der Waals surface area contributed by atoms with Gasteiger partial charge >= 0.3 is 0 Å². The van der Waals surface area contributed by atoms with Crippen LogP contribution in [0, 0.1) is 0 Å². The summed E-state index contributed by atoms with van der Waals surface area (Å²) >= 11 is 0. The van der Waals surface area contributed by atoms with Crippen molar-refractivity contribution < 1.29 is 14.4 Å². The fourth-order valence-corrected chi connectivity index (χ4v) is 2.84. The maximum absolute atomic E-state index is 12.5. The standard InChI is InChI=1S/C19H18N2O3/c1-12(14-8-4-3-5-9-14)20-17(22)13(2)21-18(23)15-10-6-7-11-16(15)19(21)24/h3-13H,1-2H3,(H,20,22)/t12-,13-/m1/s1. The van der Waals surface area contributed by atoms with Crippen molar-refractivity contribution in [3.63, 3.8) is 0 Å². The zero-order valence-corrected chi connectivity index (χ0v) is 13.5. The lowest BCUT2D eigenvalue weighted by atomic mass is 10.1. The molecule has 2 aromatic carbocycles. The van der Waals surface area contributed by atoms with Crippen molar-refractivity contribution in [3.05, 3.63) is 71.3 Å². The Hall–Kier alpha value is -2.95. The van der Waals surface area contributed by atoms with Gasteiger partial charge in [0.2, 0.25) is 5.91 Å². The van der Waals surface area contributed by atoms with E-state index < -0.39 is 17.9 Å². The Kier molecular flexibility index (Phi) is 4.16. The highest BCUT2D eigenvalue weighted by molar-refractivity contribution is 6.22. The van der Waals surface area contributed by atoms with Crippen LogP contribution in [-0.2, 0) is 4.79 Å². The number of benzene rings is 2. The number of fused-ring (bicyclic) bond motifs is 1. The highest BCUT2D eigenvalue weighted by atomic mass is 16.2. The lowest BCUT2D eigenvalue weighted by molar-refractivity contribution is -0.125. The first-order valence-corrected chi connectivity index (χ1v) is 7.83. The Labute approximate surface area is 140 Å². The summed E-state index contributed by atoms with van der Waals surface area (Å²) in [5.74, 6) is -1.21. The van der Waals surface area contributed by atoms with Crippen molar-refractivity contribution in [2.24, 2.45) is 0 Å². The van der Waals surface area contributed by atoms with Crippen molar-refractivity contribution in [1.82, 2.24) is 10.2 Å². The van der Waals surface area contributed by atoms with Crippen LogP contribution < -0.4 is 5.32 Å². The highest BCUT2D eigenvalue weighted by Gasteiger charge is 2.40. The Morgan fingerprint density at radius 3 is 1.92 bits per heavy atom. The quantitative estimate of drug-likeness (QED) is 0.880. The summed E-state index contributed by atoms with van der Waals surface area (Å²) in [5, 5.41) is 2.86. The van der Waals surface area contributed by atoms with Crippen molar-refractivity contribution in [3.8, 4) is 0 Å². The van der Waals surface area contributed by atoms with Crippen LogP contribution in [0.2, 0.25) is 0 Å².